The molecule has 5 nitrogen and oxygen atoms in total. The van der Waals surface area contributed by atoms with Gasteiger partial charge in [0.2, 0.25) is 0 Å². The topological polar surface area (TPSA) is 42.0 Å². The molecule has 2 atom stereocenters. The van der Waals surface area contributed by atoms with Crippen molar-refractivity contribution in [3.63, 3.8) is 0 Å². The Bertz CT molecular complexity index is 1300. The number of aryl methyl sites for hydroxylation is 1. The molecular formula is C33H39F3N2O3. The molecule has 0 saturated carbocycles. The van der Waals surface area contributed by atoms with Crippen LogP contribution >= 0.6 is 0 Å². The van der Waals surface area contributed by atoms with Gasteiger partial charge < -0.3 is 14.4 Å². The largest absolute Gasteiger partial charge is 0.497 e. The molecule has 0 aromatic heterocycles. The maximum atomic E-state index is 13.7. The number of benzene rings is 3. The highest BCUT2D eigenvalue weighted by atomic mass is 19.4. The predicted octanol–water partition coefficient (Wildman–Crippen LogP) is 7.05. The van der Waals surface area contributed by atoms with Gasteiger partial charge in [-0.25, -0.2) is 0 Å². The monoisotopic (exact) mass is 568 g/mol. The van der Waals surface area contributed by atoms with Gasteiger partial charge in [0.15, 0.2) is 0 Å². The number of carbonyl (C=O) groups is 1. The van der Waals surface area contributed by atoms with E-state index in [1.54, 1.807) is 20.3 Å². The van der Waals surface area contributed by atoms with Crippen LogP contribution < -0.4 is 9.47 Å². The second-order valence-corrected chi connectivity index (χ2v) is 11.4. The summed E-state index contributed by atoms with van der Waals surface area (Å²) in [5.41, 5.74) is 2.66. The molecule has 0 N–H and O–H groups in total. The van der Waals surface area contributed by atoms with E-state index < -0.39 is 11.7 Å². The third-order valence-electron chi connectivity index (χ3n) is 7.60. The summed E-state index contributed by atoms with van der Waals surface area (Å²) in [7, 11) is 3.20. The van der Waals surface area contributed by atoms with Crippen LogP contribution in [0.2, 0.25) is 0 Å². The Morgan fingerprint density at radius 3 is 2.22 bits per heavy atom. The van der Waals surface area contributed by atoms with E-state index in [4.69, 9.17) is 9.47 Å². The Hall–Kier alpha value is -3.52. The van der Waals surface area contributed by atoms with E-state index >= 15 is 0 Å². The summed E-state index contributed by atoms with van der Waals surface area (Å²) in [6.45, 7) is 8.90. The Kier molecular flexibility index (Phi) is 9.64. The number of amides is 1. The van der Waals surface area contributed by atoms with Crippen molar-refractivity contribution in [1.82, 2.24) is 9.80 Å². The lowest BCUT2D eigenvalue weighted by molar-refractivity contribution is -0.137. The zero-order chi connectivity index (χ0) is 29.7. The van der Waals surface area contributed by atoms with Crippen LogP contribution in [0.25, 0.3) is 0 Å². The minimum atomic E-state index is -4.42. The van der Waals surface area contributed by atoms with Gasteiger partial charge >= 0.3 is 6.18 Å². The zero-order valence-corrected chi connectivity index (χ0v) is 24.4. The molecule has 3 aromatic carbocycles. The highest BCUT2D eigenvalue weighted by Crippen LogP contribution is 2.38. The van der Waals surface area contributed by atoms with Gasteiger partial charge in [0, 0.05) is 50.3 Å². The zero-order valence-electron chi connectivity index (χ0n) is 24.4. The maximum Gasteiger partial charge on any atom is 0.416 e. The molecule has 4 rings (SSSR count). The third kappa shape index (κ3) is 7.82. The van der Waals surface area contributed by atoms with Crippen LogP contribution in [0.1, 0.15) is 52.4 Å². The summed E-state index contributed by atoms with van der Waals surface area (Å²) >= 11 is 0. The summed E-state index contributed by atoms with van der Waals surface area (Å²) in [5.74, 6) is 1.30. The number of rotatable bonds is 10. The SMILES string of the molecule is COc1cc(CN2CC(CN(CC(C)C)C(=O)c3ccc(C)cc3)C(c3cccc(C(F)(F)F)c3)C2)cc(OC)c1. The first kappa shape index (κ1) is 30.4. The maximum absolute atomic E-state index is 13.7. The van der Waals surface area contributed by atoms with Gasteiger partial charge in [-0.1, -0.05) is 49.7 Å². The standard InChI is InChI=1S/C33H39F3N2O3/c1-22(2)17-38(32(39)25-11-9-23(3)10-12-25)20-27-19-37(18-24-13-29(40-4)16-30(14-24)41-5)21-31(27)26-7-6-8-28(15-26)33(34,35)36/h6-16,22,27,31H,17-21H2,1-5H3. The van der Waals surface area contributed by atoms with Gasteiger partial charge in [-0.15, -0.1) is 0 Å². The fourth-order valence-electron chi connectivity index (χ4n) is 5.66. The Balaban J connectivity index is 1.65. The molecule has 0 aliphatic carbocycles. The molecule has 41 heavy (non-hydrogen) atoms. The lowest BCUT2D eigenvalue weighted by atomic mass is 9.87. The van der Waals surface area contributed by atoms with Crippen LogP contribution in [0.3, 0.4) is 0 Å². The fourth-order valence-corrected chi connectivity index (χ4v) is 5.66. The minimum absolute atomic E-state index is 0.0564. The quantitative estimate of drug-likeness (QED) is 0.263. The molecule has 3 aromatic rings. The molecule has 2 unspecified atom stereocenters. The summed E-state index contributed by atoms with van der Waals surface area (Å²) in [5, 5.41) is 0. The van der Waals surface area contributed by atoms with Crippen LogP contribution in [0.15, 0.2) is 66.7 Å². The molecule has 1 heterocycles. The number of likely N-dealkylation sites (tertiary alicyclic amines) is 1. The van der Waals surface area contributed by atoms with E-state index in [-0.39, 0.29) is 23.7 Å². The molecular weight excluding hydrogens is 529 g/mol. The number of nitrogens with zero attached hydrogens (tertiary/aromatic N) is 2. The molecule has 1 aliphatic rings. The number of carbonyl (C=O) groups excluding carboxylic acids is 1. The van der Waals surface area contributed by atoms with Gasteiger partial charge in [-0.3, -0.25) is 9.69 Å². The number of hydrogen-bond acceptors (Lipinski definition) is 4. The van der Waals surface area contributed by atoms with Gasteiger partial charge in [0.1, 0.15) is 11.5 Å². The Labute approximate surface area is 240 Å². The first-order valence-corrected chi connectivity index (χ1v) is 13.9. The molecule has 1 saturated heterocycles. The van der Waals surface area contributed by atoms with Gasteiger partial charge in [-0.05, 0) is 60.2 Å². The number of ether oxygens (including phenoxy) is 2. The second kappa shape index (κ2) is 13.0. The first-order chi connectivity index (χ1) is 19.5. The minimum Gasteiger partial charge on any atom is -0.497 e. The lowest BCUT2D eigenvalue weighted by Gasteiger charge is -2.30. The van der Waals surface area contributed by atoms with Gasteiger partial charge in [0.25, 0.3) is 5.91 Å². The molecule has 8 heteroatoms. The van der Waals surface area contributed by atoms with Crippen molar-refractivity contribution in [3.05, 3.63) is 94.5 Å². The third-order valence-corrected chi connectivity index (χ3v) is 7.60. The number of methoxy groups -OCH3 is 2. The average Bonchev–Trinajstić information content (AvgIpc) is 3.33. The molecule has 1 amide bonds. The van der Waals surface area contributed by atoms with Crippen molar-refractivity contribution in [1.29, 1.82) is 0 Å². The Morgan fingerprint density at radius 2 is 1.63 bits per heavy atom. The lowest BCUT2D eigenvalue weighted by Crippen LogP contribution is -2.39. The van der Waals surface area contributed by atoms with E-state index in [0.29, 0.717) is 55.3 Å². The van der Waals surface area contributed by atoms with Crippen LogP contribution in [0, 0.1) is 18.8 Å². The number of alkyl halides is 3. The molecule has 0 spiro atoms. The smallest absolute Gasteiger partial charge is 0.416 e. The van der Waals surface area contributed by atoms with Crippen LogP contribution in [0.5, 0.6) is 11.5 Å². The van der Waals surface area contributed by atoms with Crippen molar-refractivity contribution < 1.29 is 27.4 Å². The van der Waals surface area contributed by atoms with Crippen LogP contribution in [-0.2, 0) is 12.7 Å². The van der Waals surface area contributed by atoms with E-state index in [2.05, 4.69) is 18.7 Å². The van der Waals surface area contributed by atoms with E-state index in [1.165, 1.54) is 12.1 Å². The normalized spacial score (nSPS) is 17.6. The van der Waals surface area contributed by atoms with Crippen molar-refractivity contribution in [3.8, 4) is 11.5 Å². The fraction of sp³-hybridized carbons (Fsp3) is 0.424. The molecule has 0 bridgehead atoms. The summed E-state index contributed by atoms with van der Waals surface area (Å²) < 4.78 is 51.8. The van der Waals surface area contributed by atoms with Crippen LogP contribution in [-0.4, -0.2) is 56.1 Å². The van der Waals surface area contributed by atoms with Gasteiger partial charge in [-0.2, -0.15) is 13.2 Å². The highest BCUT2D eigenvalue weighted by Gasteiger charge is 2.38. The number of halogens is 3. The van der Waals surface area contributed by atoms with Crippen molar-refractivity contribution in [2.45, 2.75) is 39.4 Å². The summed E-state index contributed by atoms with van der Waals surface area (Å²) in [6.07, 6.45) is -4.42. The molecule has 0 radical (unpaired) electrons. The summed E-state index contributed by atoms with van der Waals surface area (Å²) in [6, 6.07) is 18.9. The summed E-state index contributed by atoms with van der Waals surface area (Å²) in [4.78, 5) is 17.8. The highest BCUT2D eigenvalue weighted by molar-refractivity contribution is 5.94. The van der Waals surface area contributed by atoms with Gasteiger partial charge in [0.05, 0.1) is 19.8 Å². The van der Waals surface area contributed by atoms with Crippen molar-refractivity contribution in [2.75, 3.05) is 40.4 Å². The Morgan fingerprint density at radius 1 is 0.976 bits per heavy atom. The number of hydrogen-bond donors (Lipinski definition) is 0. The average molecular weight is 569 g/mol. The van der Waals surface area contributed by atoms with Crippen LogP contribution in [0.4, 0.5) is 13.2 Å². The second-order valence-electron chi connectivity index (χ2n) is 11.4. The molecule has 1 fully saturated rings. The first-order valence-electron chi connectivity index (χ1n) is 13.9. The molecule has 1 aliphatic heterocycles. The van der Waals surface area contributed by atoms with E-state index in [0.717, 1.165) is 17.2 Å². The molecule has 220 valence electrons. The van der Waals surface area contributed by atoms with E-state index in [1.807, 2.05) is 54.3 Å². The predicted molar refractivity (Wildman–Crippen MR) is 154 cm³/mol. The van der Waals surface area contributed by atoms with E-state index in [9.17, 15) is 18.0 Å². The van der Waals surface area contributed by atoms with Crippen molar-refractivity contribution in [2.24, 2.45) is 11.8 Å². The van der Waals surface area contributed by atoms with Crippen molar-refractivity contribution >= 4 is 5.91 Å².